The Morgan fingerprint density at radius 1 is 1.53 bits per heavy atom. The molecule has 0 aromatic carbocycles. The van der Waals surface area contributed by atoms with Crippen LogP contribution in [0.15, 0.2) is 12.7 Å². The number of esters is 1. The summed E-state index contributed by atoms with van der Waals surface area (Å²) in [5.74, 6) is -0.267. The van der Waals surface area contributed by atoms with Gasteiger partial charge in [0.2, 0.25) is 5.91 Å². The van der Waals surface area contributed by atoms with Crippen LogP contribution < -0.4 is 0 Å². The van der Waals surface area contributed by atoms with Gasteiger partial charge in [-0.1, -0.05) is 19.4 Å². The first kappa shape index (κ1) is 13.7. The van der Waals surface area contributed by atoms with E-state index in [0.29, 0.717) is 13.1 Å². The number of hydrogen-bond donors (Lipinski definition) is 0. The molecule has 0 N–H and O–H groups in total. The van der Waals surface area contributed by atoms with Crippen LogP contribution in [0.2, 0.25) is 0 Å². The Bertz CT molecular complexity index is 297. The van der Waals surface area contributed by atoms with Crippen LogP contribution in [0.3, 0.4) is 0 Å². The number of rotatable bonds is 6. The average Bonchev–Trinajstić information content (AvgIpc) is 2.24. The van der Waals surface area contributed by atoms with Crippen molar-refractivity contribution in [2.24, 2.45) is 11.8 Å². The number of nitrogens with zero attached hydrogens (tertiary/aromatic N) is 1. The van der Waals surface area contributed by atoms with E-state index < -0.39 is 0 Å². The third kappa shape index (κ3) is 3.58. The maximum Gasteiger partial charge on any atom is 0.310 e. The summed E-state index contributed by atoms with van der Waals surface area (Å²) in [5, 5.41) is 0. The van der Waals surface area contributed by atoms with Crippen molar-refractivity contribution in [2.45, 2.75) is 26.2 Å². The van der Waals surface area contributed by atoms with E-state index >= 15 is 0 Å². The third-order valence-corrected chi connectivity index (χ3v) is 3.21. The topological polar surface area (TPSA) is 46.6 Å². The van der Waals surface area contributed by atoms with Crippen molar-refractivity contribution in [3.8, 4) is 0 Å². The third-order valence-electron chi connectivity index (χ3n) is 3.21. The number of carbonyl (C=O) groups is 2. The summed E-state index contributed by atoms with van der Waals surface area (Å²) in [6.45, 7) is 6.33. The lowest BCUT2D eigenvalue weighted by Crippen LogP contribution is -2.42. The van der Waals surface area contributed by atoms with E-state index in [-0.39, 0.29) is 23.7 Å². The number of carbonyl (C=O) groups excluding carboxylic acids is 2. The van der Waals surface area contributed by atoms with Gasteiger partial charge in [0.25, 0.3) is 0 Å². The molecule has 1 rings (SSSR count). The lowest BCUT2D eigenvalue weighted by atomic mass is 9.84. The second-order valence-electron chi connectivity index (χ2n) is 4.58. The van der Waals surface area contributed by atoms with Crippen LogP contribution in [0.4, 0.5) is 0 Å². The predicted molar refractivity (Wildman–Crippen MR) is 65.3 cm³/mol. The Kier molecular flexibility index (Phi) is 5.19. The molecule has 0 aliphatic heterocycles. The molecule has 17 heavy (non-hydrogen) atoms. The standard InChI is InChI=1S/C13H21NO3/c1-4-8-14(9-10(2)13(16)17-3)12(15)11-6-5-7-11/h4,10-11H,1,5-9H2,2-3H3. The smallest absolute Gasteiger partial charge is 0.310 e. The molecule has 0 spiro atoms. The molecule has 0 aromatic rings. The largest absolute Gasteiger partial charge is 0.469 e. The van der Waals surface area contributed by atoms with Gasteiger partial charge in [-0.05, 0) is 12.8 Å². The summed E-state index contributed by atoms with van der Waals surface area (Å²) in [6, 6.07) is 0. The van der Waals surface area contributed by atoms with Crippen LogP contribution in [0, 0.1) is 11.8 Å². The highest BCUT2D eigenvalue weighted by atomic mass is 16.5. The van der Waals surface area contributed by atoms with Gasteiger partial charge in [0.05, 0.1) is 13.0 Å². The minimum atomic E-state index is -0.288. The molecule has 1 saturated carbocycles. The van der Waals surface area contributed by atoms with Crippen LogP contribution in [-0.4, -0.2) is 37.0 Å². The highest BCUT2D eigenvalue weighted by Crippen LogP contribution is 2.28. The molecule has 0 saturated heterocycles. The Hall–Kier alpha value is -1.32. The summed E-state index contributed by atoms with van der Waals surface area (Å²) in [4.78, 5) is 25.1. The average molecular weight is 239 g/mol. The highest BCUT2D eigenvalue weighted by molar-refractivity contribution is 5.80. The van der Waals surface area contributed by atoms with Gasteiger partial charge in [-0.25, -0.2) is 0 Å². The number of methoxy groups -OCH3 is 1. The SMILES string of the molecule is C=CCN(CC(C)C(=O)OC)C(=O)C1CCC1. The zero-order valence-electron chi connectivity index (χ0n) is 10.6. The van der Waals surface area contributed by atoms with Crippen molar-refractivity contribution in [3.05, 3.63) is 12.7 Å². The van der Waals surface area contributed by atoms with Crippen molar-refractivity contribution >= 4 is 11.9 Å². The molecule has 1 unspecified atom stereocenters. The lowest BCUT2D eigenvalue weighted by Gasteiger charge is -2.32. The van der Waals surface area contributed by atoms with Gasteiger partial charge in [0, 0.05) is 19.0 Å². The summed E-state index contributed by atoms with van der Waals surface area (Å²) in [7, 11) is 1.37. The van der Waals surface area contributed by atoms with Crippen molar-refractivity contribution in [2.75, 3.05) is 20.2 Å². The first-order valence-corrected chi connectivity index (χ1v) is 6.07. The summed E-state index contributed by atoms with van der Waals surface area (Å²) in [5.41, 5.74) is 0. The minimum Gasteiger partial charge on any atom is -0.469 e. The van der Waals surface area contributed by atoms with Crippen LogP contribution >= 0.6 is 0 Å². The summed E-state index contributed by atoms with van der Waals surface area (Å²) >= 11 is 0. The molecule has 4 heteroatoms. The van der Waals surface area contributed by atoms with Gasteiger partial charge in [0.15, 0.2) is 0 Å². The molecule has 0 aromatic heterocycles. The molecule has 1 atom stereocenters. The van der Waals surface area contributed by atoms with Crippen molar-refractivity contribution in [3.63, 3.8) is 0 Å². The van der Waals surface area contributed by atoms with Gasteiger partial charge in [-0.2, -0.15) is 0 Å². The second kappa shape index (κ2) is 6.42. The van der Waals surface area contributed by atoms with Crippen LogP contribution in [0.5, 0.6) is 0 Å². The van der Waals surface area contributed by atoms with E-state index in [1.807, 2.05) is 0 Å². The Morgan fingerprint density at radius 3 is 2.59 bits per heavy atom. The first-order valence-electron chi connectivity index (χ1n) is 6.07. The summed E-state index contributed by atoms with van der Waals surface area (Å²) in [6.07, 6.45) is 4.77. The molecule has 1 amide bonds. The first-order chi connectivity index (χ1) is 8.10. The van der Waals surface area contributed by atoms with Crippen LogP contribution in [-0.2, 0) is 14.3 Å². The normalized spacial score (nSPS) is 16.8. The molecule has 4 nitrogen and oxygen atoms in total. The molecule has 96 valence electrons. The molecule has 0 heterocycles. The minimum absolute atomic E-state index is 0.145. The molecule has 0 bridgehead atoms. The van der Waals surface area contributed by atoms with Crippen LogP contribution in [0.1, 0.15) is 26.2 Å². The van der Waals surface area contributed by atoms with Gasteiger partial charge in [-0.15, -0.1) is 6.58 Å². The van der Waals surface area contributed by atoms with Gasteiger partial charge in [0.1, 0.15) is 0 Å². The van der Waals surface area contributed by atoms with E-state index in [1.165, 1.54) is 7.11 Å². The number of ether oxygens (including phenoxy) is 1. The number of hydrogen-bond acceptors (Lipinski definition) is 3. The van der Waals surface area contributed by atoms with Gasteiger partial charge >= 0.3 is 5.97 Å². The van der Waals surface area contributed by atoms with Crippen molar-refractivity contribution in [1.29, 1.82) is 0 Å². The Morgan fingerprint density at radius 2 is 2.18 bits per heavy atom. The fraction of sp³-hybridized carbons (Fsp3) is 0.692. The molecular formula is C13H21NO3. The van der Waals surface area contributed by atoms with E-state index in [0.717, 1.165) is 19.3 Å². The Balaban J connectivity index is 2.55. The van der Waals surface area contributed by atoms with E-state index in [9.17, 15) is 9.59 Å². The number of amides is 1. The molecule has 0 radical (unpaired) electrons. The highest BCUT2D eigenvalue weighted by Gasteiger charge is 2.30. The zero-order valence-corrected chi connectivity index (χ0v) is 10.6. The molecular weight excluding hydrogens is 218 g/mol. The zero-order chi connectivity index (χ0) is 12.8. The maximum atomic E-state index is 12.1. The van der Waals surface area contributed by atoms with Gasteiger partial charge in [-0.3, -0.25) is 9.59 Å². The van der Waals surface area contributed by atoms with Crippen molar-refractivity contribution < 1.29 is 14.3 Å². The Labute approximate surface area is 103 Å². The molecule has 1 aliphatic rings. The fourth-order valence-corrected chi connectivity index (χ4v) is 1.93. The molecule has 1 aliphatic carbocycles. The second-order valence-corrected chi connectivity index (χ2v) is 4.58. The monoisotopic (exact) mass is 239 g/mol. The van der Waals surface area contributed by atoms with E-state index in [2.05, 4.69) is 11.3 Å². The predicted octanol–water partition coefficient (Wildman–Crippen LogP) is 1.61. The van der Waals surface area contributed by atoms with Gasteiger partial charge < -0.3 is 9.64 Å². The summed E-state index contributed by atoms with van der Waals surface area (Å²) < 4.78 is 4.67. The van der Waals surface area contributed by atoms with E-state index in [4.69, 9.17) is 0 Å². The van der Waals surface area contributed by atoms with E-state index in [1.54, 1.807) is 17.9 Å². The molecule has 1 fully saturated rings. The lowest BCUT2D eigenvalue weighted by molar-refractivity contribution is -0.147. The maximum absolute atomic E-state index is 12.1. The van der Waals surface area contributed by atoms with Crippen LogP contribution in [0.25, 0.3) is 0 Å². The van der Waals surface area contributed by atoms with Crippen molar-refractivity contribution in [1.82, 2.24) is 4.90 Å². The quantitative estimate of drug-likeness (QED) is 0.522. The fourth-order valence-electron chi connectivity index (χ4n) is 1.93.